The summed E-state index contributed by atoms with van der Waals surface area (Å²) < 4.78 is 11.8. The van der Waals surface area contributed by atoms with Crippen LogP contribution in [0.3, 0.4) is 0 Å². The monoisotopic (exact) mass is 357 g/mol. The second-order valence-corrected chi connectivity index (χ2v) is 7.54. The average Bonchev–Trinajstić information content (AvgIpc) is 2.63. The summed E-state index contributed by atoms with van der Waals surface area (Å²) >= 11 is 0. The van der Waals surface area contributed by atoms with Crippen molar-refractivity contribution < 1.29 is 14.6 Å². The third-order valence-electron chi connectivity index (χ3n) is 5.05. The zero-order valence-electron chi connectivity index (χ0n) is 16.9. The number of aliphatic hydroxyl groups is 1. The van der Waals surface area contributed by atoms with E-state index in [0.717, 1.165) is 32.7 Å². The highest BCUT2D eigenvalue weighted by atomic mass is 16.7. The fourth-order valence-corrected chi connectivity index (χ4v) is 3.46. The van der Waals surface area contributed by atoms with E-state index in [2.05, 4.69) is 18.7 Å². The molecule has 0 radical (unpaired) electrons. The number of ether oxygens (including phenoxy) is 2. The van der Waals surface area contributed by atoms with Gasteiger partial charge in [-0.3, -0.25) is 4.90 Å². The average molecular weight is 358 g/mol. The summed E-state index contributed by atoms with van der Waals surface area (Å²) in [7, 11) is 0. The van der Waals surface area contributed by atoms with Crippen LogP contribution in [0.5, 0.6) is 0 Å². The lowest BCUT2D eigenvalue weighted by Crippen LogP contribution is -2.50. The lowest BCUT2D eigenvalue weighted by atomic mass is 10.1. The second kappa shape index (κ2) is 16.0. The van der Waals surface area contributed by atoms with Crippen LogP contribution in [0, 0.1) is 0 Å². The Labute approximate surface area is 156 Å². The van der Waals surface area contributed by atoms with Crippen LogP contribution < -0.4 is 0 Å². The predicted molar refractivity (Wildman–Crippen MR) is 105 cm³/mol. The molecule has 1 aliphatic heterocycles. The molecule has 0 aromatic rings. The summed E-state index contributed by atoms with van der Waals surface area (Å²) in [5, 5.41) is 9.48. The van der Waals surface area contributed by atoms with Crippen molar-refractivity contribution in [1.29, 1.82) is 0 Å². The largest absolute Gasteiger partial charge is 0.394 e. The highest BCUT2D eigenvalue weighted by molar-refractivity contribution is 4.73. The van der Waals surface area contributed by atoms with E-state index in [0.29, 0.717) is 0 Å². The molecule has 1 N–H and O–H groups in total. The van der Waals surface area contributed by atoms with Gasteiger partial charge in [-0.2, -0.15) is 0 Å². The summed E-state index contributed by atoms with van der Waals surface area (Å²) in [6.45, 7) is 8.16. The molecular weight excluding hydrogens is 314 g/mol. The van der Waals surface area contributed by atoms with Crippen LogP contribution in [-0.4, -0.2) is 55.2 Å². The number of hydrogen-bond donors (Lipinski definition) is 1. The molecule has 1 saturated heterocycles. The third-order valence-corrected chi connectivity index (χ3v) is 5.05. The van der Waals surface area contributed by atoms with Gasteiger partial charge in [-0.15, -0.1) is 0 Å². The molecule has 0 aromatic heterocycles. The number of unbranched alkanes of at least 4 members (excludes halogenated alkanes) is 10. The molecule has 0 aliphatic carbocycles. The first-order valence-corrected chi connectivity index (χ1v) is 10.9. The Morgan fingerprint density at radius 3 is 2.08 bits per heavy atom. The Morgan fingerprint density at radius 1 is 0.840 bits per heavy atom. The first kappa shape index (κ1) is 22.9. The van der Waals surface area contributed by atoms with Gasteiger partial charge in [0.05, 0.1) is 12.7 Å². The second-order valence-electron chi connectivity index (χ2n) is 7.54. The van der Waals surface area contributed by atoms with E-state index in [1.54, 1.807) is 0 Å². The summed E-state index contributed by atoms with van der Waals surface area (Å²) in [6, 6.07) is 0. The first-order chi connectivity index (χ1) is 12.3. The van der Waals surface area contributed by atoms with E-state index in [1.165, 1.54) is 70.6 Å². The van der Waals surface area contributed by atoms with Crippen LogP contribution in [0.25, 0.3) is 0 Å². The van der Waals surface area contributed by atoms with Crippen molar-refractivity contribution in [2.75, 3.05) is 32.8 Å². The summed E-state index contributed by atoms with van der Waals surface area (Å²) in [5.74, 6) is 0. The molecule has 1 heterocycles. The lowest BCUT2D eigenvalue weighted by Gasteiger charge is -2.37. The van der Waals surface area contributed by atoms with Crippen molar-refractivity contribution in [1.82, 2.24) is 4.90 Å². The molecule has 4 heteroatoms. The first-order valence-electron chi connectivity index (χ1n) is 10.9. The normalized spacial score (nSPS) is 21.7. The van der Waals surface area contributed by atoms with E-state index >= 15 is 0 Å². The van der Waals surface area contributed by atoms with Crippen LogP contribution in [-0.2, 0) is 9.47 Å². The molecule has 0 aromatic carbocycles. The number of morpholine rings is 1. The number of nitrogens with zero attached hydrogens (tertiary/aromatic N) is 1. The molecule has 1 fully saturated rings. The van der Waals surface area contributed by atoms with Crippen LogP contribution in [0.15, 0.2) is 0 Å². The highest BCUT2D eigenvalue weighted by Gasteiger charge is 2.27. The van der Waals surface area contributed by atoms with Crippen molar-refractivity contribution in [3.8, 4) is 0 Å². The number of rotatable bonds is 16. The minimum atomic E-state index is -0.165. The fraction of sp³-hybridized carbons (Fsp3) is 1.00. The smallest absolute Gasteiger partial charge is 0.170 e. The van der Waals surface area contributed by atoms with E-state index in [-0.39, 0.29) is 19.0 Å². The van der Waals surface area contributed by atoms with Crippen LogP contribution in [0.1, 0.15) is 90.9 Å². The number of hydrogen-bond acceptors (Lipinski definition) is 4. The van der Waals surface area contributed by atoms with Crippen LogP contribution in [0.2, 0.25) is 0 Å². The van der Waals surface area contributed by atoms with Gasteiger partial charge in [0.1, 0.15) is 0 Å². The van der Waals surface area contributed by atoms with E-state index in [4.69, 9.17) is 9.47 Å². The molecule has 150 valence electrons. The zero-order valence-corrected chi connectivity index (χ0v) is 16.9. The van der Waals surface area contributed by atoms with Crippen molar-refractivity contribution in [3.63, 3.8) is 0 Å². The summed E-state index contributed by atoms with van der Waals surface area (Å²) in [6.07, 6.45) is 15.3. The van der Waals surface area contributed by atoms with Crippen molar-refractivity contribution in [2.45, 2.75) is 103 Å². The Morgan fingerprint density at radius 2 is 1.44 bits per heavy atom. The highest BCUT2D eigenvalue weighted by Crippen LogP contribution is 2.15. The van der Waals surface area contributed by atoms with Gasteiger partial charge < -0.3 is 14.6 Å². The molecule has 2 atom stereocenters. The summed E-state index contributed by atoms with van der Waals surface area (Å²) in [4.78, 5) is 2.41. The molecule has 0 unspecified atom stereocenters. The molecule has 0 bridgehead atoms. The van der Waals surface area contributed by atoms with Gasteiger partial charge in [-0.1, -0.05) is 78.1 Å². The Bertz CT molecular complexity index is 288. The van der Waals surface area contributed by atoms with E-state index in [1.807, 2.05) is 0 Å². The number of aliphatic hydroxyl groups excluding tert-OH is 1. The lowest BCUT2D eigenvalue weighted by molar-refractivity contribution is -0.217. The van der Waals surface area contributed by atoms with Gasteiger partial charge in [-0.25, -0.2) is 0 Å². The van der Waals surface area contributed by atoms with Gasteiger partial charge in [0.25, 0.3) is 0 Å². The van der Waals surface area contributed by atoms with E-state index in [9.17, 15) is 5.11 Å². The molecule has 0 saturated carbocycles. The van der Waals surface area contributed by atoms with Crippen molar-refractivity contribution in [2.24, 2.45) is 0 Å². The topological polar surface area (TPSA) is 41.9 Å². The maximum atomic E-state index is 9.48. The molecule has 1 aliphatic rings. The minimum absolute atomic E-state index is 0.0872. The Hall–Kier alpha value is -0.160. The zero-order chi connectivity index (χ0) is 18.2. The van der Waals surface area contributed by atoms with E-state index < -0.39 is 0 Å². The Kier molecular flexibility index (Phi) is 14.7. The quantitative estimate of drug-likeness (QED) is 0.405. The fourth-order valence-electron chi connectivity index (χ4n) is 3.46. The standard InChI is InChI=1S/C21H43NO3/c1-3-5-7-9-11-13-15-22-17-20(19-23)25-21(18-22)24-16-14-12-10-8-6-4-2/h20-21,23H,3-19H2,1-2H3/t20-,21+/m0/s1. The van der Waals surface area contributed by atoms with Gasteiger partial charge in [0.2, 0.25) is 0 Å². The maximum Gasteiger partial charge on any atom is 0.170 e. The molecule has 25 heavy (non-hydrogen) atoms. The molecule has 0 spiro atoms. The van der Waals surface area contributed by atoms with Crippen molar-refractivity contribution >= 4 is 0 Å². The van der Waals surface area contributed by atoms with Crippen LogP contribution in [0.4, 0.5) is 0 Å². The molecule has 1 rings (SSSR count). The minimum Gasteiger partial charge on any atom is -0.394 e. The van der Waals surface area contributed by atoms with Gasteiger partial charge in [-0.05, 0) is 19.4 Å². The predicted octanol–water partition coefficient (Wildman–Crippen LogP) is 4.74. The molecule has 4 nitrogen and oxygen atoms in total. The SMILES string of the molecule is CCCCCCCCO[C@H]1CN(CCCCCCCC)C[C@@H](CO)O1. The molecular formula is C21H43NO3. The van der Waals surface area contributed by atoms with Gasteiger partial charge in [0, 0.05) is 19.7 Å². The Balaban J connectivity index is 2.12. The van der Waals surface area contributed by atoms with Crippen molar-refractivity contribution in [3.05, 3.63) is 0 Å². The summed E-state index contributed by atoms with van der Waals surface area (Å²) in [5.41, 5.74) is 0. The maximum absolute atomic E-state index is 9.48. The molecule has 0 amide bonds. The van der Waals surface area contributed by atoms with Gasteiger partial charge in [0.15, 0.2) is 6.29 Å². The van der Waals surface area contributed by atoms with Crippen LogP contribution >= 0.6 is 0 Å². The third kappa shape index (κ3) is 12.0. The van der Waals surface area contributed by atoms with Gasteiger partial charge >= 0.3 is 0 Å².